The van der Waals surface area contributed by atoms with Crippen LogP contribution < -0.4 is 0 Å². The van der Waals surface area contributed by atoms with Gasteiger partial charge in [0.25, 0.3) is 11.7 Å². The lowest BCUT2D eigenvalue weighted by atomic mass is 9.94. The van der Waals surface area contributed by atoms with Gasteiger partial charge >= 0.3 is 0 Å². The summed E-state index contributed by atoms with van der Waals surface area (Å²) < 4.78 is 5.41. The van der Waals surface area contributed by atoms with Crippen LogP contribution in [0.15, 0.2) is 54.1 Å². The van der Waals surface area contributed by atoms with E-state index < -0.39 is 17.7 Å². The molecule has 0 aliphatic carbocycles. The van der Waals surface area contributed by atoms with Crippen molar-refractivity contribution in [3.8, 4) is 0 Å². The second kappa shape index (κ2) is 9.67. The van der Waals surface area contributed by atoms with Gasteiger partial charge < -0.3 is 14.7 Å². The first-order chi connectivity index (χ1) is 15.5. The molecule has 1 atom stereocenters. The van der Waals surface area contributed by atoms with Crippen molar-refractivity contribution >= 4 is 17.4 Å². The maximum Gasteiger partial charge on any atom is 0.295 e. The molecule has 2 aromatic rings. The molecular weight excluding hydrogens is 404 g/mol. The zero-order valence-corrected chi connectivity index (χ0v) is 18.7. The van der Waals surface area contributed by atoms with Crippen LogP contribution in [-0.4, -0.2) is 66.0 Å². The van der Waals surface area contributed by atoms with Crippen molar-refractivity contribution in [2.75, 3.05) is 39.4 Å². The van der Waals surface area contributed by atoms with E-state index in [0.717, 1.165) is 30.6 Å². The molecule has 2 aliphatic heterocycles. The van der Waals surface area contributed by atoms with E-state index in [1.807, 2.05) is 43.3 Å². The third-order valence-electron chi connectivity index (χ3n) is 6.33. The number of rotatable bonds is 6. The number of nitrogens with zero attached hydrogens (tertiary/aromatic N) is 2. The monoisotopic (exact) mass is 434 g/mol. The predicted molar refractivity (Wildman–Crippen MR) is 123 cm³/mol. The second-order valence-electron chi connectivity index (χ2n) is 8.41. The molecule has 0 bridgehead atoms. The van der Waals surface area contributed by atoms with Gasteiger partial charge in [0.1, 0.15) is 5.76 Å². The Kier molecular flexibility index (Phi) is 6.72. The molecule has 2 heterocycles. The average Bonchev–Trinajstić information content (AvgIpc) is 3.08. The highest BCUT2D eigenvalue weighted by Crippen LogP contribution is 2.39. The fraction of sp³-hybridized carbons (Fsp3) is 0.385. The van der Waals surface area contributed by atoms with Crippen molar-refractivity contribution in [3.63, 3.8) is 0 Å². The largest absolute Gasteiger partial charge is 0.507 e. The molecule has 4 rings (SSSR count). The molecule has 2 aliphatic rings. The molecule has 2 fully saturated rings. The zero-order valence-electron chi connectivity index (χ0n) is 18.7. The van der Waals surface area contributed by atoms with Crippen molar-refractivity contribution in [3.05, 3.63) is 76.4 Å². The fourth-order valence-electron chi connectivity index (χ4n) is 4.33. The number of carbonyl (C=O) groups is 2. The summed E-state index contributed by atoms with van der Waals surface area (Å²) in [7, 11) is 0. The first-order valence-electron chi connectivity index (χ1n) is 11.2. The van der Waals surface area contributed by atoms with Crippen molar-refractivity contribution < 1.29 is 19.4 Å². The molecule has 32 heavy (non-hydrogen) atoms. The zero-order chi connectivity index (χ0) is 22.7. The quantitative estimate of drug-likeness (QED) is 0.429. The van der Waals surface area contributed by atoms with Crippen LogP contribution in [0, 0.1) is 6.92 Å². The third-order valence-corrected chi connectivity index (χ3v) is 6.33. The highest BCUT2D eigenvalue weighted by Gasteiger charge is 2.46. The van der Waals surface area contributed by atoms with Crippen LogP contribution in [0.2, 0.25) is 0 Å². The number of likely N-dealkylation sites (tertiary alicyclic amines) is 1. The van der Waals surface area contributed by atoms with Crippen LogP contribution in [0.4, 0.5) is 0 Å². The summed E-state index contributed by atoms with van der Waals surface area (Å²) in [5.74, 6) is -1.31. The first-order valence-corrected chi connectivity index (χ1v) is 11.2. The minimum Gasteiger partial charge on any atom is -0.507 e. The van der Waals surface area contributed by atoms with Crippen LogP contribution in [-0.2, 0) is 20.7 Å². The minimum absolute atomic E-state index is 0.123. The van der Waals surface area contributed by atoms with Gasteiger partial charge in [-0.05, 0) is 24.5 Å². The highest BCUT2D eigenvalue weighted by molar-refractivity contribution is 6.46. The molecule has 0 spiro atoms. The lowest BCUT2D eigenvalue weighted by Gasteiger charge is -2.31. The maximum absolute atomic E-state index is 13.1. The summed E-state index contributed by atoms with van der Waals surface area (Å²) >= 11 is 0. The van der Waals surface area contributed by atoms with Crippen LogP contribution in [0.1, 0.15) is 35.2 Å². The molecule has 2 aromatic carbocycles. The van der Waals surface area contributed by atoms with Gasteiger partial charge in [-0.3, -0.25) is 14.5 Å². The molecule has 6 heteroatoms. The van der Waals surface area contributed by atoms with Gasteiger partial charge in [-0.25, -0.2) is 0 Å². The molecule has 0 saturated carbocycles. The summed E-state index contributed by atoms with van der Waals surface area (Å²) in [5.41, 5.74) is 3.76. The topological polar surface area (TPSA) is 70.1 Å². The molecule has 2 saturated heterocycles. The number of morpholine rings is 1. The van der Waals surface area contributed by atoms with E-state index >= 15 is 0 Å². The summed E-state index contributed by atoms with van der Waals surface area (Å²) in [6.45, 7) is 8.08. The Balaban J connectivity index is 1.72. The Labute approximate surface area is 189 Å². The number of benzene rings is 2. The van der Waals surface area contributed by atoms with Crippen LogP contribution in [0.3, 0.4) is 0 Å². The Hall–Kier alpha value is -2.96. The van der Waals surface area contributed by atoms with Crippen LogP contribution >= 0.6 is 0 Å². The van der Waals surface area contributed by atoms with E-state index in [2.05, 4.69) is 11.8 Å². The summed E-state index contributed by atoms with van der Waals surface area (Å²) in [5, 5.41) is 11.1. The number of aliphatic hydroxyl groups is 1. The van der Waals surface area contributed by atoms with E-state index in [0.29, 0.717) is 31.9 Å². The maximum atomic E-state index is 13.1. The molecule has 6 nitrogen and oxygen atoms in total. The van der Waals surface area contributed by atoms with Gasteiger partial charge in [0, 0.05) is 31.7 Å². The Bertz CT molecular complexity index is 1010. The minimum atomic E-state index is -0.630. The summed E-state index contributed by atoms with van der Waals surface area (Å²) in [6.07, 6.45) is 0.904. The lowest BCUT2D eigenvalue weighted by Crippen LogP contribution is -2.42. The van der Waals surface area contributed by atoms with E-state index in [9.17, 15) is 14.7 Å². The predicted octanol–water partition coefficient (Wildman–Crippen LogP) is 3.31. The van der Waals surface area contributed by atoms with Gasteiger partial charge in [-0.15, -0.1) is 0 Å². The Morgan fingerprint density at radius 2 is 1.66 bits per heavy atom. The molecule has 168 valence electrons. The van der Waals surface area contributed by atoms with Crippen molar-refractivity contribution in [2.24, 2.45) is 0 Å². The van der Waals surface area contributed by atoms with Gasteiger partial charge in [0.05, 0.1) is 24.8 Å². The van der Waals surface area contributed by atoms with E-state index in [1.165, 1.54) is 5.56 Å². The number of Topliss-reactive ketones (excluding diaryl/α,β-unsaturated/α-hetero) is 1. The van der Waals surface area contributed by atoms with Crippen molar-refractivity contribution in [1.29, 1.82) is 0 Å². The number of hydrogen-bond donors (Lipinski definition) is 1. The smallest absolute Gasteiger partial charge is 0.295 e. The normalized spacial score (nSPS) is 21.3. The van der Waals surface area contributed by atoms with Gasteiger partial charge in [0.15, 0.2) is 0 Å². The third kappa shape index (κ3) is 4.47. The highest BCUT2D eigenvalue weighted by atomic mass is 16.5. The van der Waals surface area contributed by atoms with Crippen LogP contribution in [0.25, 0.3) is 5.76 Å². The Morgan fingerprint density at radius 3 is 2.28 bits per heavy atom. The summed E-state index contributed by atoms with van der Waals surface area (Å²) in [6, 6.07) is 14.7. The number of carbonyl (C=O) groups excluding carboxylic acids is 2. The average molecular weight is 435 g/mol. The van der Waals surface area contributed by atoms with E-state index in [1.54, 1.807) is 17.0 Å². The molecule has 1 N–H and O–H groups in total. The van der Waals surface area contributed by atoms with Gasteiger partial charge in [-0.1, -0.05) is 61.0 Å². The number of amides is 1. The summed E-state index contributed by atoms with van der Waals surface area (Å²) in [4.78, 5) is 30.0. The lowest BCUT2D eigenvalue weighted by molar-refractivity contribution is -0.140. The molecule has 1 amide bonds. The van der Waals surface area contributed by atoms with Crippen molar-refractivity contribution in [2.45, 2.75) is 26.3 Å². The first kappa shape index (κ1) is 22.2. The number of ketones is 1. The van der Waals surface area contributed by atoms with Crippen molar-refractivity contribution in [1.82, 2.24) is 9.80 Å². The fourth-order valence-corrected chi connectivity index (χ4v) is 4.33. The molecular formula is C26H30N2O4. The standard InChI is InChI=1S/C26H30N2O4/c1-3-19-6-10-20(11-7-19)23-22(24(29)21-8-4-18(2)5-9-21)25(30)26(31)28(23)13-12-27-14-16-32-17-15-27/h4-11,23,29H,3,12-17H2,1-2H3/t23-/m0/s1. The Morgan fingerprint density at radius 1 is 1.00 bits per heavy atom. The number of ether oxygens (including phenoxy) is 1. The van der Waals surface area contributed by atoms with E-state index in [4.69, 9.17) is 4.74 Å². The number of aryl methyl sites for hydroxylation is 2. The van der Waals surface area contributed by atoms with E-state index in [-0.39, 0.29) is 11.3 Å². The van der Waals surface area contributed by atoms with Gasteiger partial charge in [0.2, 0.25) is 0 Å². The van der Waals surface area contributed by atoms with Crippen LogP contribution in [0.5, 0.6) is 0 Å². The number of hydrogen-bond acceptors (Lipinski definition) is 5. The van der Waals surface area contributed by atoms with Gasteiger partial charge in [-0.2, -0.15) is 0 Å². The SMILES string of the molecule is CCc1ccc([C@H]2C(=C(O)c3ccc(C)cc3)C(=O)C(=O)N2CCN2CCOCC2)cc1. The molecule has 0 aromatic heterocycles. The second-order valence-corrected chi connectivity index (χ2v) is 8.41. The number of aliphatic hydroxyl groups excluding tert-OH is 1. The molecule has 0 radical (unpaired) electrons. The molecule has 0 unspecified atom stereocenters.